The van der Waals surface area contributed by atoms with Gasteiger partial charge in [0.2, 0.25) is 0 Å². The van der Waals surface area contributed by atoms with Gasteiger partial charge in [-0.1, -0.05) is 12.2 Å². The van der Waals surface area contributed by atoms with Crippen LogP contribution in [0.4, 0.5) is 0 Å². The molecular weight excluding hydrogens is 112 g/mol. The van der Waals surface area contributed by atoms with Crippen molar-refractivity contribution in [2.24, 2.45) is 0 Å². The van der Waals surface area contributed by atoms with Gasteiger partial charge >= 0.3 is 0 Å². The molecule has 0 aromatic heterocycles. The van der Waals surface area contributed by atoms with Gasteiger partial charge in [-0.3, -0.25) is 0 Å². The molecule has 1 fully saturated rings. The second kappa shape index (κ2) is 2.83. The van der Waals surface area contributed by atoms with Crippen molar-refractivity contribution in [2.45, 2.75) is 25.0 Å². The van der Waals surface area contributed by atoms with E-state index in [4.69, 9.17) is 4.74 Å². The Hall–Kier alpha value is -0.560. The van der Waals surface area contributed by atoms with Crippen molar-refractivity contribution in [1.82, 2.24) is 0 Å². The zero-order valence-electron chi connectivity index (χ0n) is 5.55. The normalized spacial score (nSPS) is 31.6. The quantitative estimate of drug-likeness (QED) is 0.412. The van der Waals surface area contributed by atoms with Crippen LogP contribution in [0.25, 0.3) is 0 Å². The summed E-state index contributed by atoms with van der Waals surface area (Å²) < 4.78 is 5.20. The summed E-state index contributed by atoms with van der Waals surface area (Å²) in [7, 11) is 0. The summed E-state index contributed by atoms with van der Waals surface area (Å²) in [5.74, 6) is 0. The molecule has 50 valence electrons. The van der Waals surface area contributed by atoms with E-state index in [-0.39, 0.29) is 0 Å². The Morgan fingerprint density at radius 2 is 2.22 bits per heavy atom. The first-order valence-electron chi connectivity index (χ1n) is 3.27. The van der Waals surface area contributed by atoms with Crippen molar-refractivity contribution >= 4 is 0 Å². The van der Waals surface area contributed by atoms with Gasteiger partial charge in [0, 0.05) is 0 Å². The highest BCUT2D eigenvalue weighted by Gasteiger charge is 2.34. The Morgan fingerprint density at radius 3 is 2.67 bits per heavy atom. The second-order valence-corrected chi connectivity index (χ2v) is 2.24. The minimum absolute atomic E-state index is 0.338. The first kappa shape index (κ1) is 6.56. The Kier molecular flexibility index (Phi) is 2.06. The van der Waals surface area contributed by atoms with Crippen LogP contribution in [-0.2, 0) is 4.74 Å². The maximum absolute atomic E-state index is 5.20. The summed E-state index contributed by atoms with van der Waals surface area (Å²) in [6.07, 6.45) is 6.70. The average molecular weight is 124 g/mol. The third-order valence-electron chi connectivity index (χ3n) is 1.51. The van der Waals surface area contributed by atoms with Crippen LogP contribution in [0.5, 0.6) is 0 Å². The Labute approximate surface area is 56.0 Å². The molecule has 0 aromatic carbocycles. The fourth-order valence-electron chi connectivity index (χ4n) is 0.878. The van der Waals surface area contributed by atoms with E-state index in [1.165, 1.54) is 0 Å². The molecule has 1 aliphatic rings. The van der Waals surface area contributed by atoms with E-state index in [1.54, 1.807) is 0 Å². The number of hydrogen-bond donors (Lipinski definition) is 0. The molecule has 1 saturated heterocycles. The predicted octanol–water partition coefficient (Wildman–Crippen LogP) is 1.91. The highest BCUT2D eigenvalue weighted by molar-refractivity contribution is 4.98. The third kappa shape index (κ3) is 1.68. The maximum atomic E-state index is 5.20. The first-order chi connectivity index (χ1) is 4.38. The average Bonchev–Trinajstić information content (AvgIpc) is 2.62. The molecule has 0 unspecified atom stereocenters. The van der Waals surface area contributed by atoms with Crippen molar-refractivity contribution in [3.05, 3.63) is 25.3 Å². The summed E-state index contributed by atoms with van der Waals surface area (Å²) in [5.41, 5.74) is 0. The molecule has 0 spiro atoms. The van der Waals surface area contributed by atoms with Gasteiger partial charge in [-0.2, -0.15) is 0 Å². The molecular formula is C8H12O. The smallest absolute Gasteiger partial charge is 0.102 e. The molecule has 2 atom stereocenters. The summed E-state index contributed by atoms with van der Waals surface area (Å²) in [5, 5.41) is 0. The lowest BCUT2D eigenvalue weighted by atomic mass is 10.2. The van der Waals surface area contributed by atoms with Crippen LogP contribution < -0.4 is 0 Å². The van der Waals surface area contributed by atoms with E-state index in [0.717, 1.165) is 12.8 Å². The molecule has 9 heavy (non-hydrogen) atoms. The third-order valence-corrected chi connectivity index (χ3v) is 1.51. The maximum Gasteiger partial charge on any atom is 0.102 e. The Balaban J connectivity index is 2.04. The summed E-state index contributed by atoms with van der Waals surface area (Å²) >= 11 is 0. The van der Waals surface area contributed by atoms with Crippen LogP contribution >= 0.6 is 0 Å². The molecule has 0 saturated carbocycles. The van der Waals surface area contributed by atoms with Crippen LogP contribution in [0.1, 0.15) is 12.8 Å². The molecule has 1 aliphatic heterocycles. The van der Waals surface area contributed by atoms with Crippen LogP contribution in [-0.4, -0.2) is 12.2 Å². The van der Waals surface area contributed by atoms with Gasteiger partial charge in [0.1, 0.15) is 6.10 Å². The van der Waals surface area contributed by atoms with Crippen molar-refractivity contribution in [3.63, 3.8) is 0 Å². The van der Waals surface area contributed by atoms with Gasteiger partial charge in [-0.25, -0.2) is 0 Å². The highest BCUT2D eigenvalue weighted by Crippen LogP contribution is 2.26. The van der Waals surface area contributed by atoms with Crippen molar-refractivity contribution in [2.75, 3.05) is 0 Å². The minimum atomic E-state index is 0.338. The molecule has 0 aliphatic carbocycles. The molecule has 0 bridgehead atoms. The largest absolute Gasteiger partial charge is 0.365 e. The Morgan fingerprint density at radius 1 is 1.44 bits per heavy atom. The molecule has 0 aromatic rings. The van der Waals surface area contributed by atoms with E-state index >= 15 is 0 Å². The van der Waals surface area contributed by atoms with Gasteiger partial charge in [0.05, 0.1) is 6.10 Å². The molecule has 1 heteroatoms. The van der Waals surface area contributed by atoms with E-state index in [9.17, 15) is 0 Å². The van der Waals surface area contributed by atoms with Gasteiger partial charge in [-0.05, 0) is 12.8 Å². The number of rotatable bonds is 4. The summed E-state index contributed by atoms with van der Waals surface area (Å²) in [6, 6.07) is 0. The van der Waals surface area contributed by atoms with Gasteiger partial charge in [-0.15, -0.1) is 13.2 Å². The van der Waals surface area contributed by atoms with E-state index in [0.29, 0.717) is 12.2 Å². The molecule has 1 nitrogen and oxygen atoms in total. The van der Waals surface area contributed by atoms with Crippen molar-refractivity contribution in [1.29, 1.82) is 0 Å². The van der Waals surface area contributed by atoms with E-state index in [1.807, 2.05) is 12.2 Å². The topological polar surface area (TPSA) is 12.5 Å². The minimum Gasteiger partial charge on any atom is -0.365 e. The lowest BCUT2D eigenvalue weighted by Crippen LogP contribution is -1.87. The number of allylic oxidation sites excluding steroid dienone is 1. The van der Waals surface area contributed by atoms with Crippen molar-refractivity contribution < 1.29 is 4.74 Å². The number of hydrogen-bond acceptors (Lipinski definition) is 1. The van der Waals surface area contributed by atoms with Gasteiger partial charge < -0.3 is 4.74 Å². The summed E-state index contributed by atoms with van der Waals surface area (Å²) in [6.45, 7) is 7.26. The first-order valence-corrected chi connectivity index (χ1v) is 3.27. The van der Waals surface area contributed by atoms with E-state index < -0.39 is 0 Å². The molecule has 1 rings (SSSR count). The monoisotopic (exact) mass is 124 g/mol. The van der Waals surface area contributed by atoms with Crippen LogP contribution in [0.15, 0.2) is 25.3 Å². The van der Waals surface area contributed by atoms with Crippen molar-refractivity contribution in [3.8, 4) is 0 Å². The number of epoxide rings is 1. The number of ether oxygens (including phenoxy) is 1. The molecule has 0 radical (unpaired) electrons. The van der Waals surface area contributed by atoms with Gasteiger partial charge in [0.25, 0.3) is 0 Å². The summed E-state index contributed by atoms with van der Waals surface area (Å²) in [4.78, 5) is 0. The van der Waals surface area contributed by atoms with E-state index in [2.05, 4.69) is 13.2 Å². The molecule has 0 N–H and O–H groups in total. The standard InChI is InChI=1S/C8H12O/c1-3-5-6-8-7(4-2)9-8/h3-4,7-8H,1-2,5-6H2/t7-,8-/m1/s1. The predicted molar refractivity (Wildman–Crippen MR) is 38.3 cm³/mol. The van der Waals surface area contributed by atoms with Crippen LogP contribution in [0.3, 0.4) is 0 Å². The Bertz CT molecular complexity index is 118. The lowest BCUT2D eigenvalue weighted by Gasteiger charge is -1.84. The lowest BCUT2D eigenvalue weighted by molar-refractivity contribution is 0.380. The van der Waals surface area contributed by atoms with Gasteiger partial charge in [0.15, 0.2) is 0 Å². The fourth-order valence-corrected chi connectivity index (χ4v) is 0.878. The van der Waals surface area contributed by atoms with Crippen LogP contribution in [0.2, 0.25) is 0 Å². The zero-order chi connectivity index (χ0) is 6.69. The SMILES string of the molecule is C=CCC[C@H]1O[C@@H]1C=C. The zero-order valence-corrected chi connectivity index (χ0v) is 5.55. The molecule has 1 heterocycles. The highest BCUT2D eigenvalue weighted by atomic mass is 16.6. The fraction of sp³-hybridized carbons (Fsp3) is 0.500. The van der Waals surface area contributed by atoms with Crippen LogP contribution in [0, 0.1) is 0 Å². The second-order valence-electron chi connectivity index (χ2n) is 2.24. The molecule has 0 amide bonds.